The van der Waals surface area contributed by atoms with E-state index < -0.39 is 0 Å². The van der Waals surface area contributed by atoms with Crippen molar-refractivity contribution < 1.29 is 5.11 Å². The first kappa shape index (κ1) is 21.0. The molecule has 0 atom stereocenters. The Morgan fingerprint density at radius 2 is 1.62 bits per heavy atom. The smallest absolute Gasteiger partial charge is 0.223 e. The lowest BCUT2D eigenvalue weighted by Gasteiger charge is -2.14. The fourth-order valence-corrected chi connectivity index (χ4v) is 5.38. The van der Waals surface area contributed by atoms with Crippen LogP contribution in [-0.4, -0.2) is 36.5 Å². The number of anilines is 2. The first-order chi connectivity index (χ1) is 16.7. The van der Waals surface area contributed by atoms with Crippen LogP contribution in [0.4, 0.5) is 11.6 Å². The van der Waals surface area contributed by atoms with Gasteiger partial charge < -0.3 is 15.7 Å². The number of pyridine rings is 1. The normalized spacial score (nSPS) is 16.9. The molecule has 3 heterocycles. The zero-order valence-corrected chi connectivity index (χ0v) is 19.2. The second-order valence-corrected chi connectivity index (χ2v) is 9.49. The highest BCUT2D eigenvalue weighted by Gasteiger charge is 2.22. The summed E-state index contributed by atoms with van der Waals surface area (Å²) in [7, 11) is 0. The molecule has 2 aliphatic rings. The molecule has 2 aliphatic carbocycles. The van der Waals surface area contributed by atoms with Gasteiger partial charge in [-0.3, -0.25) is 4.40 Å². The van der Waals surface area contributed by atoms with Gasteiger partial charge in [-0.2, -0.15) is 0 Å². The van der Waals surface area contributed by atoms with Gasteiger partial charge in [0.2, 0.25) is 5.95 Å². The highest BCUT2D eigenvalue weighted by molar-refractivity contribution is 5.84. The van der Waals surface area contributed by atoms with E-state index in [-0.39, 0.29) is 5.75 Å². The lowest BCUT2D eigenvalue weighted by atomic mass is 10.1. The molecular weight excluding hydrogens is 424 g/mol. The topological polar surface area (TPSA) is 87.4 Å². The molecule has 3 aromatic heterocycles. The number of phenols is 1. The average Bonchev–Trinajstić information content (AvgIpc) is 3.61. The zero-order chi connectivity index (χ0) is 22.9. The Balaban J connectivity index is 1.48. The quantitative estimate of drug-likeness (QED) is 0.338. The van der Waals surface area contributed by atoms with Crippen molar-refractivity contribution in [3.63, 3.8) is 0 Å². The Hall–Kier alpha value is -3.61. The summed E-state index contributed by atoms with van der Waals surface area (Å²) in [6.45, 7) is 0. The molecule has 34 heavy (non-hydrogen) atoms. The molecule has 0 amide bonds. The molecule has 7 nitrogen and oxygen atoms in total. The van der Waals surface area contributed by atoms with E-state index in [1.165, 1.54) is 38.5 Å². The third-order valence-corrected chi connectivity index (χ3v) is 7.07. The van der Waals surface area contributed by atoms with Crippen LogP contribution in [0.2, 0.25) is 0 Å². The molecule has 0 bridgehead atoms. The second kappa shape index (κ2) is 8.97. The van der Waals surface area contributed by atoms with E-state index in [9.17, 15) is 5.11 Å². The van der Waals surface area contributed by atoms with Gasteiger partial charge in [0.25, 0.3) is 0 Å². The van der Waals surface area contributed by atoms with Gasteiger partial charge in [0.15, 0.2) is 5.65 Å². The van der Waals surface area contributed by atoms with Crippen LogP contribution in [0.3, 0.4) is 0 Å². The van der Waals surface area contributed by atoms with Crippen molar-refractivity contribution in [3.8, 4) is 28.4 Å². The van der Waals surface area contributed by atoms with E-state index in [1.54, 1.807) is 12.1 Å². The Morgan fingerprint density at radius 1 is 0.853 bits per heavy atom. The van der Waals surface area contributed by atoms with Crippen LogP contribution in [0.25, 0.3) is 28.3 Å². The van der Waals surface area contributed by atoms with Crippen molar-refractivity contribution in [2.24, 2.45) is 0 Å². The van der Waals surface area contributed by atoms with Crippen LogP contribution in [0.1, 0.15) is 51.4 Å². The molecule has 4 aromatic rings. The summed E-state index contributed by atoms with van der Waals surface area (Å²) in [5, 5.41) is 17.4. The first-order valence-corrected chi connectivity index (χ1v) is 12.4. The highest BCUT2D eigenvalue weighted by atomic mass is 16.3. The Labute approximate surface area is 199 Å². The van der Waals surface area contributed by atoms with Gasteiger partial charge in [-0.1, -0.05) is 37.8 Å². The third kappa shape index (κ3) is 4.06. The van der Waals surface area contributed by atoms with Crippen LogP contribution in [-0.2, 0) is 0 Å². The van der Waals surface area contributed by atoms with Gasteiger partial charge in [0, 0.05) is 30.0 Å². The standard InChI is InChI=1S/C27H30N6O/c34-21-12-5-7-18(17-21)24-25(22-14-15-28-27(31-22)30-20-10-3-4-11-20)33-16-6-13-23(26(33)32-24)29-19-8-1-2-9-19/h5-7,12-17,19-20,29,34H,1-4,8-11H2,(H,28,30,31). The molecule has 0 saturated heterocycles. The summed E-state index contributed by atoms with van der Waals surface area (Å²) in [4.78, 5) is 14.5. The predicted octanol–water partition coefficient (Wildman–Crippen LogP) is 5.87. The number of nitrogens with zero attached hydrogens (tertiary/aromatic N) is 4. The van der Waals surface area contributed by atoms with Gasteiger partial charge in [0.1, 0.15) is 5.75 Å². The lowest BCUT2D eigenvalue weighted by Crippen LogP contribution is -2.16. The van der Waals surface area contributed by atoms with E-state index in [1.807, 2.05) is 30.6 Å². The number of imidazole rings is 1. The lowest BCUT2D eigenvalue weighted by molar-refractivity contribution is 0.475. The number of aromatic hydroxyl groups is 1. The summed E-state index contributed by atoms with van der Waals surface area (Å²) >= 11 is 0. The van der Waals surface area contributed by atoms with Crippen molar-refractivity contribution in [2.45, 2.75) is 63.5 Å². The average molecular weight is 455 g/mol. The summed E-state index contributed by atoms with van der Waals surface area (Å²) in [5.41, 5.74) is 5.25. The minimum Gasteiger partial charge on any atom is -0.508 e. The molecule has 6 rings (SSSR count). The molecule has 2 fully saturated rings. The van der Waals surface area contributed by atoms with Crippen molar-refractivity contribution in [3.05, 3.63) is 54.9 Å². The van der Waals surface area contributed by atoms with Crippen molar-refractivity contribution in [2.75, 3.05) is 10.6 Å². The molecule has 0 unspecified atom stereocenters. The molecule has 7 heteroatoms. The number of benzene rings is 1. The van der Waals surface area contributed by atoms with E-state index in [2.05, 4.69) is 32.2 Å². The largest absolute Gasteiger partial charge is 0.508 e. The van der Waals surface area contributed by atoms with Gasteiger partial charge in [-0.05, 0) is 56.0 Å². The van der Waals surface area contributed by atoms with Crippen molar-refractivity contribution in [1.29, 1.82) is 0 Å². The number of fused-ring (bicyclic) bond motifs is 1. The maximum atomic E-state index is 10.2. The molecule has 2 saturated carbocycles. The number of aromatic nitrogens is 4. The Kier molecular flexibility index (Phi) is 5.53. The molecular formula is C27H30N6O. The third-order valence-electron chi connectivity index (χ3n) is 7.07. The van der Waals surface area contributed by atoms with Crippen molar-refractivity contribution >= 4 is 17.3 Å². The molecule has 0 spiro atoms. The first-order valence-electron chi connectivity index (χ1n) is 12.4. The van der Waals surface area contributed by atoms with E-state index in [0.717, 1.165) is 46.8 Å². The number of phenolic OH excluding ortho intramolecular Hbond substituents is 1. The summed E-state index contributed by atoms with van der Waals surface area (Å²) in [6, 6.07) is 14.3. The maximum Gasteiger partial charge on any atom is 0.223 e. The van der Waals surface area contributed by atoms with E-state index in [4.69, 9.17) is 9.97 Å². The minimum absolute atomic E-state index is 0.219. The molecule has 0 radical (unpaired) electrons. The number of nitrogens with one attached hydrogen (secondary N) is 2. The Morgan fingerprint density at radius 3 is 2.38 bits per heavy atom. The summed E-state index contributed by atoms with van der Waals surface area (Å²) in [6.07, 6.45) is 13.6. The van der Waals surface area contributed by atoms with Crippen LogP contribution < -0.4 is 10.6 Å². The number of hydrogen-bond acceptors (Lipinski definition) is 6. The van der Waals surface area contributed by atoms with Crippen LogP contribution in [0.5, 0.6) is 5.75 Å². The SMILES string of the molecule is Oc1cccc(-c2nc3c(NC4CCCC4)cccn3c2-c2ccnc(NC3CCCC3)n2)c1. The monoisotopic (exact) mass is 454 g/mol. The van der Waals surface area contributed by atoms with Gasteiger partial charge in [-0.15, -0.1) is 0 Å². The number of hydrogen-bond donors (Lipinski definition) is 3. The summed E-state index contributed by atoms with van der Waals surface area (Å²) in [5.74, 6) is 0.873. The molecule has 1 aromatic carbocycles. The molecule has 3 N–H and O–H groups in total. The van der Waals surface area contributed by atoms with Crippen LogP contribution in [0.15, 0.2) is 54.9 Å². The number of rotatable bonds is 6. The highest BCUT2D eigenvalue weighted by Crippen LogP contribution is 2.36. The van der Waals surface area contributed by atoms with Gasteiger partial charge in [-0.25, -0.2) is 15.0 Å². The second-order valence-electron chi connectivity index (χ2n) is 9.49. The van der Waals surface area contributed by atoms with E-state index >= 15 is 0 Å². The molecule has 0 aliphatic heterocycles. The Bertz CT molecular complexity index is 1300. The van der Waals surface area contributed by atoms with Crippen molar-refractivity contribution in [1.82, 2.24) is 19.4 Å². The van der Waals surface area contributed by atoms with Gasteiger partial charge >= 0.3 is 0 Å². The van der Waals surface area contributed by atoms with E-state index in [0.29, 0.717) is 18.0 Å². The van der Waals surface area contributed by atoms with Crippen LogP contribution >= 0.6 is 0 Å². The van der Waals surface area contributed by atoms with Gasteiger partial charge in [0.05, 0.1) is 22.8 Å². The zero-order valence-electron chi connectivity index (χ0n) is 19.2. The fraction of sp³-hybridized carbons (Fsp3) is 0.370. The fourth-order valence-electron chi connectivity index (χ4n) is 5.38. The summed E-state index contributed by atoms with van der Waals surface area (Å²) < 4.78 is 2.11. The minimum atomic E-state index is 0.219. The van der Waals surface area contributed by atoms with Crippen LogP contribution in [0, 0.1) is 0 Å². The maximum absolute atomic E-state index is 10.2. The molecule has 174 valence electrons. The predicted molar refractivity (Wildman–Crippen MR) is 135 cm³/mol.